The van der Waals surface area contributed by atoms with Crippen LogP contribution in [0.25, 0.3) is 21.5 Å². The Labute approximate surface area is 157 Å². The van der Waals surface area contributed by atoms with Crippen LogP contribution in [0.2, 0.25) is 0 Å². The van der Waals surface area contributed by atoms with Gasteiger partial charge in [-0.15, -0.1) is 0 Å². The maximum absolute atomic E-state index is 12.3. The summed E-state index contributed by atoms with van der Waals surface area (Å²) in [4.78, 5) is 12.3. The molecule has 0 aliphatic carbocycles. The standard InChI is InChI=1S/C23H18N2O2/c1-27-19-12-10-16(11-13-19)23(26)25-24-15-22-20-8-4-2-6-17(20)14-18-7-3-5-9-21(18)22/h2-15H,1H3,(H,25,26). The van der Waals surface area contributed by atoms with Gasteiger partial charge in [0, 0.05) is 11.1 Å². The van der Waals surface area contributed by atoms with Crippen LogP contribution in [0.5, 0.6) is 5.75 Å². The lowest BCUT2D eigenvalue weighted by molar-refractivity contribution is 0.0955. The highest BCUT2D eigenvalue weighted by atomic mass is 16.5. The molecule has 0 fully saturated rings. The third kappa shape index (κ3) is 3.37. The molecular weight excluding hydrogens is 336 g/mol. The zero-order valence-electron chi connectivity index (χ0n) is 14.8. The molecule has 0 aliphatic heterocycles. The molecule has 0 aromatic heterocycles. The number of carbonyl (C=O) groups excluding carboxylic acids is 1. The zero-order chi connectivity index (χ0) is 18.6. The lowest BCUT2D eigenvalue weighted by atomic mass is 9.97. The Balaban J connectivity index is 1.66. The fourth-order valence-electron chi connectivity index (χ4n) is 3.15. The van der Waals surface area contributed by atoms with Crippen molar-refractivity contribution in [1.82, 2.24) is 5.43 Å². The largest absolute Gasteiger partial charge is 0.497 e. The highest BCUT2D eigenvalue weighted by Crippen LogP contribution is 2.27. The fourth-order valence-corrected chi connectivity index (χ4v) is 3.15. The van der Waals surface area contributed by atoms with Gasteiger partial charge in [-0.1, -0.05) is 48.5 Å². The predicted molar refractivity (Wildman–Crippen MR) is 110 cm³/mol. The Morgan fingerprint density at radius 3 is 2.07 bits per heavy atom. The topological polar surface area (TPSA) is 50.7 Å². The van der Waals surface area contributed by atoms with Gasteiger partial charge in [-0.25, -0.2) is 5.43 Å². The minimum Gasteiger partial charge on any atom is -0.497 e. The molecule has 0 spiro atoms. The second-order valence-electron chi connectivity index (χ2n) is 6.16. The van der Waals surface area contributed by atoms with E-state index in [1.165, 1.54) is 0 Å². The lowest BCUT2D eigenvalue weighted by Gasteiger charge is -2.08. The van der Waals surface area contributed by atoms with Gasteiger partial charge in [-0.3, -0.25) is 4.79 Å². The minimum atomic E-state index is -0.265. The molecule has 132 valence electrons. The van der Waals surface area contributed by atoms with Gasteiger partial charge in [0.25, 0.3) is 5.91 Å². The summed E-state index contributed by atoms with van der Waals surface area (Å²) >= 11 is 0. The first-order valence-corrected chi connectivity index (χ1v) is 8.64. The van der Waals surface area contributed by atoms with Crippen molar-refractivity contribution in [2.45, 2.75) is 0 Å². The van der Waals surface area contributed by atoms with E-state index in [1.807, 2.05) is 24.3 Å². The van der Waals surface area contributed by atoms with Crippen molar-refractivity contribution in [1.29, 1.82) is 0 Å². The van der Waals surface area contributed by atoms with Gasteiger partial charge in [0.05, 0.1) is 13.3 Å². The molecule has 4 aromatic rings. The monoisotopic (exact) mass is 354 g/mol. The number of hydrogen-bond acceptors (Lipinski definition) is 3. The maximum Gasteiger partial charge on any atom is 0.271 e. The molecule has 0 atom stereocenters. The van der Waals surface area contributed by atoms with Gasteiger partial charge in [-0.2, -0.15) is 5.10 Å². The predicted octanol–water partition coefficient (Wildman–Crippen LogP) is 4.77. The molecule has 0 unspecified atom stereocenters. The highest BCUT2D eigenvalue weighted by molar-refractivity contribution is 6.13. The van der Waals surface area contributed by atoms with Crippen LogP contribution >= 0.6 is 0 Å². The Hall–Kier alpha value is -3.66. The third-order valence-corrected chi connectivity index (χ3v) is 4.52. The molecular formula is C23H18N2O2. The summed E-state index contributed by atoms with van der Waals surface area (Å²) in [5, 5.41) is 8.67. The van der Waals surface area contributed by atoms with Crippen molar-refractivity contribution < 1.29 is 9.53 Å². The fraction of sp³-hybridized carbons (Fsp3) is 0.0435. The summed E-state index contributed by atoms with van der Waals surface area (Å²) < 4.78 is 5.11. The van der Waals surface area contributed by atoms with Crippen LogP contribution in [0.1, 0.15) is 15.9 Å². The van der Waals surface area contributed by atoms with Crippen LogP contribution in [0.15, 0.2) is 84.0 Å². The van der Waals surface area contributed by atoms with E-state index in [2.05, 4.69) is 40.9 Å². The molecule has 0 saturated heterocycles. The summed E-state index contributed by atoms with van der Waals surface area (Å²) in [5.41, 5.74) is 4.11. The van der Waals surface area contributed by atoms with E-state index in [9.17, 15) is 4.79 Å². The van der Waals surface area contributed by atoms with Gasteiger partial charge in [0.2, 0.25) is 0 Å². The first-order valence-electron chi connectivity index (χ1n) is 8.64. The Morgan fingerprint density at radius 1 is 0.889 bits per heavy atom. The number of rotatable bonds is 4. The Bertz CT molecular complexity index is 1090. The van der Waals surface area contributed by atoms with Crippen LogP contribution in [-0.4, -0.2) is 19.2 Å². The quantitative estimate of drug-likeness (QED) is 0.326. The number of nitrogens with one attached hydrogen (secondary N) is 1. The second kappa shape index (κ2) is 7.30. The number of ether oxygens (including phenoxy) is 1. The van der Waals surface area contributed by atoms with Crippen molar-refractivity contribution in [3.63, 3.8) is 0 Å². The summed E-state index contributed by atoms with van der Waals surface area (Å²) in [5.74, 6) is 0.440. The smallest absolute Gasteiger partial charge is 0.271 e. The Kier molecular flexibility index (Phi) is 4.54. The van der Waals surface area contributed by atoms with Crippen molar-refractivity contribution in [3.8, 4) is 5.75 Å². The molecule has 0 saturated carbocycles. The number of hydrogen-bond donors (Lipinski definition) is 1. The summed E-state index contributed by atoms with van der Waals surface area (Å²) in [7, 11) is 1.59. The zero-order valence-corrected chi connectivity index (χ0v) is 14.8. The lowest BCUT2D eigenvalue weighted by Crippen LogP contribution is -2.17. The van der Waals surface area contributed by atoms with Gasteiger partial charge in [-0.05, 0) is 51.9 Å². The molecule has 0 bridgehead atoms. The molecule has 4 heteroatoms. The maximum atomic E-state index is 12.3. The van der Waals surface area contributed by atoms with E-state index in [4.69, 9.17) is 4.74 Å². The van der Waals surface area contributed by atoms with Crippen LogP contribution in [0, 0.1) is 0 Å². The highest BCUT2D eigenvalue weighted by Gasteiger charge is 2.07. The molecule has 27 heavy (non-hydrogen) atoms. The van der Waals surface area contributed by atoms with Crippen LogP contribution < -0.4 is 10.2 Å². The number of amides is 1. The van der Waals surface area contributed by atoms with Crippen molar-refractivity contribution in [2.75, 3.05) is 7.11 Å². The van der Waals surface area contributed by atoms with E-state index >= 15 is 0 Å². The number of nitrogens with zero attached hydrogens (tertiary/aromatic N) is 1. The van der Waals surface area contributed by atoms with Crippen molar-refractivity contribution in [3.05, 3.63) is 90.0 Å². The molecule has 4 aromatic carbocycles. The van der Waals surface area contributed by atoms with Crippen LogP contribution in [0.3, 0.4) is 0 Å². The van der Waals surface area contributed by atoms with Gasteiger partial charge in [0.15, 0.2) is 0 Å². The van der Waals surface area contributed by atoms with E-state index in [-0.39, 0.29) is 5.91 Å². The van der Waals surface area contributed by atoms with E-state index in [0.29, 0.717) is 11.3 Å². The molecule has 0 heterocycles. The normalized spacial score (nSPS) is 11.1. The molecule has 1 amide bonds. The van der Waals surface area contributed by atoms with E-state index in [0.717, 1.165) is 27.1 Å². The number of benzene rings is 4. The number of methoxy groups -OCH3 is 1. The summed E-state index contributed by atoms with van der Waals surface area (Å²) in [6.07, 6.45) is 1.71. The molecule has 0 radical (unpaired) electrons. The molecule has 4 rings (SSSR count). The first-order chi connectivity index (χ1) is 13.3. The molecule has 1 N–H and O–H groups in total. The van der Waals surface area contributed by atoms with Crippen molar-refractivity contribution in [2.24, 2.45) is 5.10 Å². The average molecular weight is 354 g/mol. The van der Waals surface area contributed by atoms with Crippen LogP contribution in [0.4, 0.5) is 0 Å². The van der Waals surface area contributed by atoms with Gasteiger partial charge in [0.1, 0.15) is 5.75 Å². The SMILES string of the molecule is COc1ccc(C(=O)NN=Cc2c3ccccc3cc3ccccc23)cc1. The Morgan fingerprint density at radius 2 is 1.48 bits per heavy atom. The minimum absolute atomic E-state index is 0.265. The second-order valence-corrected chi connectivity index (χ2v) is 6.16. The summed E-state index contributed by atoms with van der Waals surface area (Å²) in [6, 6.07) is 25.4. The average Bonchev–Trinajstić information content (AvgIpc) is 2.73. The van der Waals surface area contributed by atoms with E-state index < -0.39 is 0 Å². The van der Waals surface area contributed by atoms with E-state index in [1.54, 1.807) is 37.6 Å². The number of fused-ring (bicyclic) bond motifs is 2. The van der Waals surface area contributed by atoms with Crippen LogP contribution in [-0.2, 0) is 0 Å². The summed E-state index contributed by atoms with van der Waals surface area (Å²) in [6.45, 7) is 0. The number of carbonyl (C=O) groups is 1. The molecule has 4 nitrogen and oxygen atoms in total. The number of hydrazone groups is 1. The van der Waals surface area contributed by atoms with Crippen molar-refractivity contribution >= 4 is 33.7 Å². The van der Waals surface area contributed by atoms with Gasteiger partial charge < -0.3 is 4.74 Å². The first kappa shape index (κ1) is 16.8. The molecule has 0 aliphatic rings. The third-order valence-electron chi connectivity index (χ3n) is 4.52. The van der Waals surface area contributed by atoms with Gasteiger partial charge >= 0.3 is 0 Å².